The molecule has 154 valence electrons. The lowest BCUT2D eigenvalue weighted by atomic mass is 10.2. The molecule has 3 unspecified atom stereocenters. The molecular weight excluding hydrogens is 476 g/mol. The number of halogens is 1. The first-order valence-electron chi connectivity index (χ1n) is 9.02. The van der Waals surface area contributed by atoms with Crippen molar-refractivity contribution in [2.75, 3.05) is 11.9 Å². The Morgan fingerprint density at radius 2 is 2.24 bits per heavy atom. The molecule has 2 aliphatic heterocycles. The molecule has 1 aromatic carbocycles. The van der Waals surface area contributed by atoms with Crippen LogP contribution in [0.1, 0.15) is 20.3 Å². The third-order valence-corrected chi connectivity index (χ3v) is 7.35. The number of rotatable bonds is 6. The van der Waals surface area contributed by atoms with E-state index in [9.17, 15) is 9.59 Å². The Kier molecular flexibility index (Phi) is 7.42. The molecule has 2 aliphatic rings. The number of anilines is 1. The number of nitrogens with one attached hydrogen (secondary N) is 2. The number of ether oxygens (including phenoxy) is 1. The molecule has 0 aromatic heterocycles. The van der Waals surface area contributed by atoms with Crippen molar-refractivity contribution < 1.29 is 14.3 Å². The van der Waals surface area contributed by atoms with Gasteiger partial charge in [0.1, 0.15) is 11.0 Å². The lowest BCUT2D eigenvalue weighted by molar-refractivity contribution is -0.129. The van der Waals surface area contributed by atoms with Gasteiger partial charge in [-0.25, -0.2) is 0 Å². The minimum atomic E-state index is -0.676. The smallest absolute Gasteiger partial charge is 0.250 e. The van der Waals surface area contributed by atoms with Crippen LogP contribution in [0.4, 0.5) is 5.69 Å². The predicted octanol–water partition coefficient (Wildman–Crippen LogP) is 4.06. The van der Waals surface area contributed by atoms with Crippen molar-refractivity contribution >= 4 is 67.8 Å². The summed E-state index contributed by atoms with van der Waals surface area (Å²) in [6.45, 7) is 4.25. The Labute approximate surface area is 186 Å². The Morgan fingerprint density at radius 1 is 1.45 bits per heavy atom. The Hall–Kier alpha value is -1.78. The van der Waals surface area contributed by atoms with Gasteiger partial charge in [-0.05, 0) is 26.0 Å². The highest BCUT2D eigenvalue weighted by atomic mass is 79.9. The number of nitrogens with zero attached hydrogens (tertiary/aromatic N) is 2. The van der Waals surface area contributed by atoms with Gasteiger partial charge in [0, 0.05) is 11.8 Å². The van der Waals surface area contributed by atoms with Crippen molar-refractivity contribution in [3.8, 4) is 5.75 Å². The average molecular weight is 497 g/mol. The SMILES string of the molecule is CCOc1cccc(NC(=O)C2CC(=O)N(/N=C(\C)C3C=CC(Br)S3)C(=N)S2)c1. The van der Waals surface area contributed by atoms with Crippen LogP contribution < -0.4 is 10.1 Å². The van der Waals surface area contributed by atoms with Crippen LogP contribution in [0.3, 0.4) is 0 Å². The van der Waals surface area contributed by atoms with Crippen molar-refractivity contribution in [1.82, 2.24) is 5.01 Å². The average Bonchev–Trinajstić information content (AvgIpc) is 3.11. The number of alkyl halides is 1. The zero-order valence-corrected chi connectivity index (χ0v) is 19.1. The highest BCUT2D eigenvalue weighted by molar-refractivity contribution is 9.11. The predicted molar refractivity (Wildman–Crippen MR) is 123 cm³/mol. The highest BCUT2D eigenvalue weighted by Gasteiger charge is 2.36. The molecule has 3 atom stereocenters. The molecule has 0 bridgehead atoms. The summed E-state index contributed by atoms with van der Waals surface area (Å²) in [5.41, 5.74) is 1.33. The summed E-state index contributed by atoms with van der Waals surface area (Å²) in [6.07, 6.45) is 4.02. The molecule has 0 radical (unpaired) electrons. The molecule has 2 N–H and O–H groups in total. The number of hydrazone groups is 1. The number of hydrogen-bond donors (Lipinski definition) is 2. The van der Waals surface area contributed by atoms with E-state index in [1.54, 1.807) is 30.0 Å². The van der Waals surface area contributed by atoms with E-state index >= 15 is 0 Å². The third kappa shape index (κ3) is 5.64. The zero-order valence-electron chi connectivity index (χ0n) is 15.9. The molecule has 1 fully saturated rings. The molecule has 0 aliphatic carbocycles. The van der Waals surface area contributed by atoms with Crippen molar-refractivity contribution in [2.24, 2.45) is 5.10 Å². The van der Waals surface area contributed by atoms with Crippen molar-refractivity contribution in [3.05, 3.63) is 36.4 Å². The summed E-state index contributed by atoms with van der Waals surface area (Å²) in [5, 5.41) is 15.8. The lowest BCUT2D eigenvalue weighted by Crippen LogP contribution is -2.43. The van der Waals surface area contributed by atoms with E-state index < -0.39 is 5.25 Å². The Morgan fingerprint density at radius 3 is 2.90 bits per heavy atom. The second-order valence-electron chi connectivity index (χ2n) is 6.31. The minimum Gasteiger partial charge on any atom is -0.494 e. The fraction of sp³-hybridized carbons (Fsp3) is 0.368. The van der Waals surface area contributed by atoms with Gasteiger partial charge < -0.3 is 10.1 Å². The molecular formula is C19H21BrN4O3S2. The van der Waals surface area contributed by atoms with Crippen molar-refractivity contribution in [3.63, 3.8) is 0 Å². The second kappa shape index (κ2) is 9.82. The lowest BCUT2D eigenvalue weighted by Gasteiger charge is -2.28. The maximum Gasteiger partial charge on any atom is 0.250 e. The van der Waals surface area contributed by atoms with Gasteiger partial charge in [-0.2, -0.15) is 10.1 Å². The topological polar surface area (TPSA) is 94.8 Å². The van der Waals surface area contributed by atoms with Gasteiger partial charge in [0.05, 0.1) is 28.1 Å². The maximum atomic E-state index is 12.6. The summed E-state index contributed by atoms with van der Waals surface area (Å²) in [6, 6.07) is 7.08. The molecule has 2 heterocycles. The fourth-order valence-corrected chi connectivity index (χ4v) is 5.42. The minimum absolute atomic E-state index is 0.0183. The number of thioether (sulfide) groups is 2. The fourth-order valence-electron chi connectivity index (χ4n) is 2.76. The molecule has 3 rings (SSSR count). The molecule has 1 saturated heterocycles. The van der Waals surface area contributed by atoms with Gasteiger partial charge in [-0.15, -0.1) is 11.8 Å². The van der Waals surface area contributed by atoms with E-state index in [-0.39, 0.29) is 32.8 Å². The molecule has 0 saturated carbocycles. The Balaban J connectivity index is 1.63. The number of amidine groups is 1. The van der Waals surface area contributed by atoms with Crippen LogP contribution >= 0.6 is 39.5 Å². The number of benzene rings is 1. The summed E-state index contributed by atoms with van der Waals surface area (Å²) in [7, 11) is 0. The van der Waals surface area contributed by atoms with Crippen LogP contribution in [0.15, 0.2) is 41.5 Å². The van der Waals surface area contributed by atoms with Gasteiger partial charge in [0.15, 0.2) is 5.17 Å². The highest BCUT2D eigenvalue weighted by Crippen LogP contribution is 2.33. The molecule has 1 aromatic rings. The van der Waals surface area contributed by atoms with Crippen LogP contribution in [0.2, 0.25) is 0 Å². The van der Waals surface area contributed by atoms with Gasteiger partial charge in [0.2, 0.25) is 5.91 Å². The van der Waals surface area contributed by atoms with Gasteiger partial charge in [0.25, 0.3) is 5.91 Å². The first kappa shape index (κ1) is 21.9. The van der Waals surface area contributed by atoms with E-state index in [1.165, 1.54) is 0 Å². The first-order valence-corrected chi connectivity index (χ1v) is 11.8. The van der Waals surface area contributed by atoms with Gasteiger partial charge in [-0.1, -0.05) is 45.9 Å². The summed E-state index contributed by atoms with van der Waals surface area (Å²) in [5.74, 6) is -0.0249. The maximum absolute atomic E-state index is 12.6. The number of hydrogen-bond acceptors (Lipinski definition) is 7. The number of carbonyl (C=O) groups excluding carboxylic acids is 2. The molecule has 10 heteroatoms. The van der Waals surface area contributed by atoms with Crippen molar-refractivity contribution in [2.45, 2.75) is 34.9 Å². The van der Waals surface area contributed by atoms with E-state index in [4.69, 9.17) is 10.1 Å². The summed E-state index contributed by atoms with van der Waals surface area (Å²) in [4.78, 5) is 25.2. The van der Waals surface area contributed by atoms with Crippen LogP contribution in [0, 0.1) is 5.41 Å². The quantitative estimate of drug-likeness (QED) is 0.351. The summed E-state index contributed by atoms with van der Waals surface area (Å²) < 4.78 is 5.65. The van der Waals surface area contributed by atoms with E-state index in [2.05, 4.69) is 26.3 Å². The molecule has 7 nitrogen and oxygen atoms in total. The van der Waals surface area contributed by atoms with Crippen LogP contribution in [0.25, 0.3) is 0 Å². The van der Waals surface area contributed by atoms with Crippen molar-refractivity contribution in [1.29, 1.82) is 5.41 Å². The largest absolute Gasteiger partial charge is 0.494 e. The van der Waals surface area contributed by atoms with Crippen LogP contribution in [-0.2, 0) is 9.59 Å². The van der Waals surface area contributed by atoms with E-state index in [0.717, 1.165) is 22.5 Å². The molecule has 29 heavy (non-hydrogen) atoms. The Bertz CT molecular complexity index is 859. The van der Waals surface area contributed by atoms with E-state index in [1.807, 2.05) is 32.1 Å². The third-order valence-electron chi connectivity index (χ3n) is 4.13. The molecule has 0 spiro atoms. The normalized spacial score (nSPS) is 24.7. The second-order valence-corrected chi connectivity index (χ2v) is 10.4. The number of carbonyl (C=O) groups is 2. The summed E-state index contributed by atoms with van der Waals surface area (Å²) >= 11 is 6.19. The van der Waals surface area contributed by atoms with Crippen LogP contribution in [0.5, 0.6) is 5.75 Å². The van der Waals surface area contributed by atoms with Gasteiger partial charge >= 0.3 is 0 Å². The van der Waals surface area contributed by atoms with Gasteiger partial charge in [-0.3, -0.25) is 15.0 Å². The zero-order chi connectivity index (χ0) is 21.0. The van der Waals surface area contributed by atoms with Crippen LogP contribution in [-0.4, -0.2) is 49.0 Å². The van der Waals surface area contributed by atoms with E-state index in [0.29, 0.717) is 18.0 Å². The number of amides is 2. The molecule has 2 amide bonds. The first-order chi connectivity index (χ1) is 13.9. The standard InChI is InChI=1S/C19H21BrN4O3S2/c1-3-27-13-6-4-5-12(9-13)22-18(26)15-10-17(25)24(19(21)29-15)23-11(2)14-7-8-16(20)28-14/h4-9,14-16,21H,3,10H2,1-2H3,(H,22,26)/b21-19?,23-11+. The monoisotopic (exact) mass is 496 g/mol.